The number of aliphatic hydroxyl groups excluding tert-OH is 1. The van der Waals surface area contributed by atoms with Crippen LogP contribution in [0.15, 0.2) is 0 Å². The largest absolute Gasteiger partial charge is 0.396 e. The Labute approximate surface area is 74.9 Å². The van der Waals surface area contributed by atoms with Gasteiger partial charge in [0.05, 0.1) is 6.10 Å². The molecule has 2 nitrogen and oxygen atoms in total. The topological polar surface area (TPSA) is 29.5 Å². The highest BCUT2D eigenvalue weighted by atomic mass is 16.5. The van der Waals surface area contributed by atoms with Gasteiger partial charge in [0.15, 0.2) is 0 Å². The Morgan fingerprint density at radius 3 is 2.92 bits per heavy atom. The molecule has 0 bridgehead atoms. The summed E-state index contributed by atoms with van der Waals surface area (Å²) in [6.07, 6.45) is 3.77. The van der Waals surface area contributed by atoms with Gasteiger partial charge in [0.2, 0.25) is 0 Å². The summed E-state index contributed by atoms with van der Waals surface area (Å²) in [4.78, 5) is 0. The van der Waals surface area contributed by atoms with Crippen LogP contribution in [0.1, 0.15) is 33.1 Å². The van der Waals surface area contributed by atoms with E-state index in [2.05, 4.69) is 13.8 Å². The highest BCUT2D eigenvalue weighted by Gasteiger charge is 2.31. The van der Waals surface area contributed by atoms with Crippen LogP contribution in [0.5, 0.6) is 0 Å². The molecular weight excluding hydrogens is 152 g/mol. The van der Waals surface area contributed by atoms with Crippen molar-refractivity contribution < 1.29 is 9.84 Å². The molecule has 0 aromatic rings. The third-order valence-electron chi connectivity index (χ3n) is 2.80. The van der Waals surface area contributed by atoms with Gasteiger partial charge in [-0.1, -0.05) is 20.3 Å². The molecule has 1 saturated heterocycles. The lowest BCUT2D eigenvalue weighted by Gasteiger charge is -2.22. The highest BCUT2D eigenvalue weighted by molar-refractivity contribution is 4.79. The van der Waals surface area contributed by atoms with Gasteiger partial charge < -0.3 is 9.84 Å². The summed E-state index contributed by atoms with van der Waals surface area (Å²) in [6.45, 7) is 5.55. The van der Waals surface area contributed by atoms with E-state index in [1.165, 1.54) is 12.8 Å². The van der Waals surface area contributed by atoms with Gasteiger partial charge in [-0.25, -0.2) is 0 Å². The first-order valence-electron chi connectivity index (χ1n) is 5.02. The van der Waals surface area contributed by atoms with Crippen LogP contribution < -0.4 is 0 Å². The van der Waals surface area contributed by atoms with Crippen LogP contribution in [0, 0.1) is 11.8 Å². The molecule has 1 heterocycles. The monoisotopic (exact) mass is 172 g/mol. The maximum Gasteiger partial charge on any atom is 0.0651 e. The number of ether oxygens (including phenoxy) is 1. The normalized spacial score (nSPS) is 32.2. The van der Waals surface area contributed by atoms with Crippen LogP contribution in [0.25, 0.3) is 0 Å². The van der Waals surface area contributed by atoms with Crippen molar-refractivity contribution in [3.8, 4) is 0 Å². The third-order valence-corrected chi connectivity index (χ3v) is 2.80. The number of hydrogen-bond donors (Lipinski definition) is 1. The van der Waals surface area contributed by atoms with E-state index < -0.39 is 0 Å². The lowest BCUT2D eigenvalue weighted by molar-refractivity contribution is 0.0300. The molecule has 0 aromatic carbocycles. The van der Waals surface area contributed by atoms with E-state index in [1.54, 1.807) is 0 Å². The van der Waals surface area contributed by atoms with E-state index in [-0.39, 0.29) is 0 Å². The quantitative estimate of drug-likeness (QED) is 0.701. The van der Waals surface area contributed by atoms with Gasteiger partial charge in [-0.05, 0) is 18.8 Å². The average Bonchev–Trinajstić information content (AvgIpc) is 2.51. The molecule has 1 aliphatic rings. The van der Waals surface area contributed by atoms with Crippen LogP contribution in [-0.4, -0.2) is 24.4 Å². The Bertz CT molecular complexity index is 125. The van der Waals surface area contributed by atoms with Gasteiger partial charge >= 0.3 is 0 Å². The summed E-state index contributed by atoms with van der Waals surface area (Å²) < 4.78 is 5.61. The predicted octanol–water partition coefficient (Wildman–Crippen LogP) is 1.82. The van der Waals surface area contributed by atoms with Gasteiger partial charge in [0, 0.05) is 19.1 Å². The summed E-state index contributed by atoms with van der Waals surface area (Å²) >= 11 is 0. The Balaban J connectivity index is 2.38. The lowest BCUT2D eigenvalue weighted by Crippen LogP contribution is -2.26. The molecule has 0 amide bonds. The van der Waals surface area contributed by atoms with Crippen molar-refractivity contribution >= 4 is 0 Å². The molecule has 1 rings (SSSR count). The molecule has 0 radical (unpaired) electrons. The minimum atomic E-state index is 0.290. The molecule has 0 spiro atoms. The molecule has 0 saturated carbocycles. The fourth-order valence-corrected chi connectivity index (χ4v) is 2.10. The molecule has 3 atom stereocenters. The van der Waals surface area contributed by atoms with Crippen molar-refractivity contribution in [1.29, 1.82) is 0 Å². The van der Waals surface area contributed by atoms with Crippen molar-refractivity contribution in [2.24, 2.45) is 11.8 Å². The molecule has 3 unspecified atom stereocenters. The Morgan fingerprint density at radius 2 is 2.33 bits per heavy atom. The summed E-state index contributed by atoms with van der Waals surface area (Å²) in [5.41, 5.74) is 0. The van der Waals surface area contributed by atoms with Crippen LogP contribution >= 0.6 is 0 Å². The SMILES string of the molecule is CCCC(C)C1OCCC1CO. The molecule has 12 heavy (non-hydrogen) atoms. The first kappa shape index (κ1) is 10.0. The molecule has 2 heteroatoms. The molecule has 0 aliphatic carbocycles. The second-order valence-corrected chi connectivity index (χ2v) is 3.83. The van der Waals surface area contributed by atoms with Crippen molar-refractivity contribution in [3.05, 3.63) is 0 Å². The maximum atomic E-state index is 9.07. The van der Waals surface area contributed by atoms with E-state index in [1.807, 2.05) is 0 Å². The first-order valence-corrected chi connectivity index (χ1v) is 5.02. The summed E-state index contributed by atoms with van der Waals surface area (Å²) in [5.74, 6) is 1.00. The zero-order chi connectivity index (χ0) is 8.97. The number of aliphatic hydroxyl groups is 1. The maximum absolute atomic E-state index is 9.07. The Hall–Kier alpha value is -0.0800. The van der Waals surface area contributed by atoms with Gasteiger partial charge in [0.25, 0.3) is 0 Å². The zero-order valence-corrected chi connectivity index (χ0v) is 8.12. The number of hydrogen-bond acceptors (Lipinski definition) is 2. The third kappa shape index (κ3) is 2.20. The molecular formula is C10H20O2. The van der Waals surface area contributed by atoms with Gasteiger partial charge in [-0.15, -0.1) is 0 Å². The molecule has 0 aromatic heterocycles. The van der Waals surface area contributed by atoms with E-state index in [4.69, 9.17) is 9.84 Å². The molecule has 1 fully saturated rings. The minimum absolute atomic E-state index is 0.290. The van der Waals surface area contributed by atoms with E-state index in [9.17, 15) is 0 Å². The second-order valence-electron chi connectivity index (χ2n) is 3.83. The summed E-state index contributed by atoms with van der Waals surface area (Å²) in [7, 11) is 0. The van der Waals surface area contributed by atoms with Crippen LogP contribution in [0.2, 0.25) is 0 Å². The van der Waals surface area contributed by atoms with Crippen molar-refractivity contribution in [2.45, 2.75) is 39.2 Å². The Morgan fingerprint density at radius 1 is 1.58 bits per heavy atom. The van der Waals surface area contributed by atoms with E-state index >= 15 is 0 Å². The van der Waals surface area contributed by atoms with E-state index in [0.717, 1.165) is 13.0 Å². The fraction of sp³-hybridized carbons (Fsp3) is 1.00. The predicted molar refractivity (Wildman–Crippen MR) is 49.0 cm³/mol. The lowest BCUT2D eigenvalue weighted by atomic mass is 9.90. The van der Waals surface area contributed by atoms with E-state index in [0.29, 0.717) is 24.5 Å². The van der Waals surface area contributed by atoms with Crippen LogP contribution in [0.4, 0.5) is 0 Å². The minimum Gasteiger partial charge on any atom is -0.396 e. The van der Waals surface area contributed by atoms with Gasteiger partial charge in [-0.2, -0.15) is 0 Å². The smallest absolute Gasteiger partial charge is 0.0651 e. The Kier molecular flexibility index (Phi) is 4.02. The van der Waals surface area contributed by atoms with Crippen molar-refractivity contribution in [3.63, 3.8) is 0 Å². The average molecular weight is 172 g/mol. The van der Waals surface area contributed by atoms with Gasteiger partial charge in [-0.3, -0.25) is 0 Å². The van der Waals surface area contributed by atoms with Crippen molar-refractivity contribution in [2.75, 3.05) is 13.2 Å². The first-order chi connectivity index (χ1) is 5.79. The van der Waals surface area contributed by atoms with Gasteiger partial charge in [0.1, 0.15) is 0 Å². The standard InChI is InChI=1S/C10H20O2/c1-3-4-8(2)10-9(7-11)5-6-12-10/h8-11H,3-7H2,1-2H3. The number of rotatable bonds is 4. The zero-order valence-electron chi connectivity index (χ0n) is 8.12. The fourth-order valence-electron chi connectivity index (χ4n) is 2.10. The van der Waals surface area contributed by atoms with Crippen molar-refractivity contribution in [1.82, 2.24) is 0 Å². The summed E-state index contributed by atoms with van der Waals surface area (Å²) in [6, 6.07) is 0. The molecule has 1 aliphatic heterocycles. The summed E-state index contributed by atoms with van der Waals surface area (Å²) in [5, 5.41) is 9.07. The van der Waals surface area contributed by atoms with Crippen LogP contribution in [-0.2, 0) is 4.74 Å². The molecule has 72 valence electrons. The second kappa shape index (κ2) is 4.83. The molecule has 1 N–H and O–H groups in total. The van der Waals surface area contributed by atoms with Crippen LogP contribution in [0.3, 0.4) is 0 Å². The highest BCUT2D eigenvalue weighted by Crippen LogP contribution is 2.28.